The summed E-state index contributed by atoms with van der Waals surface area (Å²) in [5.74, 6) is -1.63. The van der Waals surface area contributed by atoms with Crippen LogP contribution in [0.3, 0.4) is 0 Å². The molecule has 0 aromatic rings. The molecule has 0 radical (unpaired) electrons. The van der Waals surface area contributed by atoms with E-state index in [9.17, 15) is 4.79 Å². The third-order valence-corrected chi connectivity index (χ3v) is 0.221. The molecule has 38 valence electrons. The van der Waals surface area contributed by atoms with Crippen molar-refractivity contribution in [2.75, 3.05) is 0 Å². The van der Waals surface area contributed by atoms with Gasteiger partial charge in [0.2, 0.25) is 0 Å². The molecule has 0 aliphatic carbocycles. The predicted molar refractivity (Wildman–Crippen MR) is 23.0 cm³/mol. The van der Waals surface area contributed by atoms with Gasteiger partial charge in [-0.05, 0) is 0 Å². The summed E-state index contributed by atoms with van der Waals surface area (Å²) < 4.78 is 0. The van der Waals surface area contributed by atoms with Gasteiger partial charge >= 0.3 is 35.5 Å². The van der Waals surface area contributed by atoms with E-state index in [1.807, 2.05) is 0 Å². The van der Waals surface area contributed by atoms with Crippen molar-refractivity contribution in [2.24, 2.45) is 0 Å². The molecule has 0 aromatic heterocycles. The van der Waals surface area contributed by atoms with Crippen LogP contribution in [0.5, 0.6) is 0 Å². The van der Waals surface area contributed by atoms with Crippen LogP contribution in [-0.4, -0.2) is 57.1 Å². The molecule has 0 spiro atoms. The Morgan fingerprint density at radius 3 is 1.57 bits per heavy atom. The average Bonchev–Trinajstić information content (AvgIpc) is 1.36. The molecule has 0 aromatic carbocycles. The van der Waals surface area contributed by atoms with Gasteiger partial charge in [-0.3, -0.25) is 0 Å². The number of hydrogen-bond acceptors (Lipinski definition) is 3. The number of carboxylic acids is 1. The average molecular weight is 116 g/mol. The van der Waals surface area contributed by atoms with Crippen molar-refractivity contribution in [1.82, 2.24) is 0 Å². The van der Waals surface area contributed by atoms with E-state index in [1.54, 1.807) is 0 Å². The van der Waals surface area contributed by atoms with Crippen LogP contribution in [0.25, 0.3) is 0 Å². The first-order chi connectivity index (χ1) is 2.64. The van der Waals surface area contributed by atoms with Gasteiger partial charge in [-0.2, -0.15) is 0 Å². The van der Waals surface area contributed by atoms with Crippen molar-refractivity contribution >= 4 is 35.5 Å². The van der Waals surface area contributed by atoms with E-state index < -0.39 is 12.3 Å². The van der Waals surface area contributed by atoms with Gasteiger partial charge in [0.15, 0.2) is 0 Å². The van der Waals surface area contributed by atoms with Crippen LogP contribution in [0.4, 0.5) is 0 Å². The second kappa shape index (κ2) is 4.55. The molecule has 3 N–H and O–H groups in total. The molecule has 0 bridgehead atoms. The maximum absolute atomic E-state index is 9.20. The quantitative estimate of drug-likeness (QED) is 0.267. The number of aliphatic carboxylic acids is 1. The van der Waals surface area contributed by atoms with Gasteiger partial charge in [-0.25, -0.2) is 4.79 Å². The van der Waals surface area contributed by atoms with Crippen LogP contribution in [0.15, 0.2) is 0 Å². The summed E-state index contributed by atoms with van der Waals surface area (Å²) in [5, 5.41) is 22.7. The van der Waals surface area contributed by atoms with Gasteiger partial charge in [-0.1, -0.05) is 0 Å². The number of aliphatic hydroxyl groups is 2. The third kappa shape index (κ3) is 6.39. The molecule has 7 heavy (non-hydrogen) atoms. The van der Waals surface area contributed by atoms with Crippen molar-refractivity contribution in [3.05, 3.63) is 0 Å². The first kappa shape index (κ1) is 10.4. The van der Waals surface area contributed by atoms with Crippen molar-refractivity contribution in [1.29, 1.82) is 0 Å². The molecule has 4 nitrogen and oxygen atoms in total. The fourth-order valence-corrected chi connectivity index (χ4v) is 0. The number of hydrogen-bond donors (Lipinski definition) is 3. The van der Waals surface area contributed by atoms with E-state index in [-0.39, 0.29) is 29.6 Å². The number of carboxylic acid groups (broad SMARTS) is 1. The topological polar surface area (TPSA) is 77.8 Å². The first-order valence-corrected chi connectivity index (χ1v) is 1.23. The van der Waals surface area contributed by atoms with Crippen LogP contribution in [0, 0.1) is 0 Å². The first-order valence-electron chi connectivity index (χ1n) is 1.23. The van der Waals surface area contributed by atoms with E-state index in [1.165, 1.54) is 0 Å². The Bertz CT molecular complexity index is 60.7. The van der Waals surface area contributed by atoms with Crippen LogP contribution in [-0.2, 0) is 4.79 Å². The zero-order chi connectivity index (χ0) is 5.15. The Balaban J connectivity index is 0. The molecule has 0 saturated carbocycles. The van der Waals surface area contributed by atoms with Gasteiger partial charge in [0.05, 0.1) is 0 Å². The summed E-state index contributed by atoms with van der Waals surface area (Å²) >= 11 is 0. The van der Waals surface area contributed by atoms with Gasteiger partial charge in [-0.15, -0.1) is 0 Å². The minimum absolute atomic E-state index is 0. The Morgan fingerprint density at radius 2 is 1.57 bits per heavy atom. The van der Waals surface area contributed by atoms with Crippen molar-refractivity contribution < 1.29 is 20.1 Å². The standard InChI is InChI=1S/C2H4O4.Na.H/c3-1(4)2(5)6;;/h1,3-4H,(H,5,6);;. The van der Waals surface area contributed by atoms with E-state index in [0.717, 1.165) is 0 Å². The molecule has 0 rings (SSSR count). The molecule has 0 saturated heterocycles. The molecule has 0 aliphatic rings. The summed E-state index contributed by atoms with van der Waals surface area (Å²) in [7, 11) is 0. The third-order valence-electron chi connectivity index (χ3n) is 0.221. The fourth-order valence-electron chi connectivity index (χ4n) is 0. The Kier molecular flexibility index (Phi) is 6.75. The van der Waals surface area contributed by atoms with Gasteiger partial charge in [0.1, 0.15) is 0 Å². The van der Waals surface area contributed by atoms with Gasteiger partial charge in [0.25, 0.3) is 6.29 Å². The monoisotopic (exact) mass is 116 g/mol. The van der Waals surface area contributed by atoms with Crippen LogP contribution in [0.2, 0.25) is 0 Å². The number of carbonyl (C=O) groups is 1. The zero-order valence-electron chi connectivity index (χ0n) is 2.83. The van der Waals surface area contributed by atoms with Crippen LogP contribution in [0.1, 0.15) is 0 Å². The summed E-state index contributed by atoms with van der Waals surface area (Å²) in [5.41, 5.74) is 0. The molecular weight excluding hydrogens is 111 g/mol. The zero-order valence-corrected chi connectivity index (χ0v) is 2.83. The second-order valence-electron chi connectivity index (χ2n) is 0.712. The molecule has 0 heterocycles. The fraction of sp³-hybridized carbons (Fsp3) is 0.500. The van der Waals surface area contributed by atoms with Crippen molar-refractivity contribution in [3.8, 4) is 0 Å². The number of rotatable bonds is 1. The van der Waals surface area contributed by atoms with Crippen molar-refractivity contribution in [2.45, 2.75) is 6.29 Å². The molecule has 5 heteroatoms. The summed E-state index contributed by atoms with van der Waals surface area (Å²) in [4.78, 5) is 9.20. The SMILES string of the molecule is O=C(O)C(O)O.[NaH]. The molecular formula is C2H5NaO4. The minimum atomic E-state index is -2.23. The molecule has 0 atom stereocenters. The van der Waals surface area contributed by atoms with E-state index in [0.29, 0.717) is 0 Å². The second-order valence-corrected chi connectivity index (χ2v) is 0.712. The Labute approximate surface area is 62.1 Å². The van der Waals surface area contributed by atoms with Crippen LogP contribution >= 0.6 is 0 Å². The predicted octanol–water partition coefficient (Wildman–Crippen LogP) is -2.27. The van der Waals surface area contributed by atoms with Crippen molar-refractivity contribution in [3.63, 3.8) is 0 Å². The van der Waals surface area contributed by atoms with Gasteiger partial charge < -0.3 is 15.3 Å². The molecule has 0 amide bonds. The van der Waals surface area contributed by atoms with Crippen LogP contribution < -0.4 is 0 Å². The van der Waals surface area contributed by atoms with E-state index in [4.69, 9.17) is 15.3 Å². The normalized spacial score (nSPS) is 7.86. The summed E-state index contributed by atoms with van der Waals surface area (Å²) in [6, 6.07) is 0. The molecule has 0 fully saturated rings. The summed E-state index contributed by atoms with van der Waals surface area (Å²) in [6.07, 6.45) is -2.23. The Morgan fingerprint density at radius 1 is 1.43 bits per heavy atom. The van der Waals surface area contributed by atoms with E-state index >= 15 is 0 Å². The molecule has 0 aliphatic heterocycles. The maximum atomic E-state index is 9.20. The van der Waals surface area contributed by atoms with E-state index in [2.05, 4.69) is 0 Å². The summed E-state index contributed by atoms with van der Waals surface area (Å²) in [6.45, 7) is 0. The molecule has 0 unspecified atom stereocenters. The Hall–Kier alpha value is 0.390. The number of aliphatic hydroxyl groups excluding tert-OH is 1. The van der Waals surface area contributed by atoms with Gasteiger partial charge in [0, 0.05) is 0 Å².